The fourth-order valence-corrected chi connectivity index (χ4v) is 2.19. The third-order valence-corrected chi connectivity index (χ3v) is 3.92. The van der Waals surface area contributed by atoms with E-state index in [2.05, 4.69) is 22.0 Å². The van der Waals surface area contributed by atoms with Crippen molar-refractivity contribution in [1.82, 2.24) is 0 Å². The molecule has 0 heterocycles. The molecule has 0 radical (unpaired) electrons. The normalized spacial score (nSPS) is 18.1. The summed E-state index contributed by atoms with van der Waals surface area (Å²) in [5, 5.41) is 9.68. The van der Waals surface area contributed by atoms with Crippen molar-refractivity contribution in [3.63, 3.8) is 0 Å². The summed E-state index contributed by atoms with van der Waals surface area (Å²) in [6.07, 6.45) is 0.614. The molecule has 4 heteroatoms. The number of rotatable bonds is 1. The van der Waals surface area contributed by atoms with Gasteiger partial charge in [-0.05, 0) is 33.6 Å². The van der Waals surface area contributed by atoms with Crippen LogP contribution in [0.5, 0.6) is 0 Å². The van der Waals surface area contributed by atoms with Crippen LogP contribution < -0.4 is 0 Å². The van der Waals surface area contributed by atoms with Gasteiger partial charge in [-0.1, -0.05) is 17.7 Å². The van der Waals surface area contributed by atoms with Crippen LogP contribution in [0.1, 0.15) is 18.4 Å². The van der Waals surface area contributed by atoms with E-state index in [0.29, 0.717) is 17.9 Å². The molecule has 0 bridgehead atoms. The van der Waals surface area contributed by atoms with Gasteiger partial charge in [-0.15, -0.1) is 0 Å². The number of Topliss-reactive ketones (excluding diaryl/α,β-unsaturated/α-hetero) is 1. The van der Waals surface area contributed by atoms with Crippen LogP contribution in [0.15, 0.2) is 22.7 Å². The molecule has 1 saturated carbocycles. The van der Waals surface area contributed by atoms with Crippen molar-refractivity contribution in [2.75, 3.05) is 0 Å². The number of nitriles is 1. The average Bonchev–Trinajstić information content (AvgIpc) is 2.17. The third kappa shape index (κ3) is 1.68. The predicted molar refractivity (Wildman–Crippen MR) is 60.7 cm³/mol. The lowest BCUT2D eigenvalue weighted by molar-refractivity contribution is -0.126. The molecular weight excluding hydrogens is 277 g/mol. The molecule has 1 fully saturated rings. The second kappa shape index (κ2) is 3.62. The maximum Gasteiger partial charge on any atom is 0.136 e. The number of ketones is 1. The van der Waals surface area contributed by atoms with Crippen molar-refractivity contribution in [3.05, 3.63) is 33.3 Å². The van der Waals surface area contributed by atoms with Crippen molar-refractivity contribution in [2.45, 2.75) is 18.3 Å². The quantitative estimate of drug-likeness (QED) is 0.794. The monoisotopic (exact) mass is 283 g/mol. The Morgan fingerprint density at radius 1 is 1.47 bits per heavy atom. The van der Waals surface area contributed by atoms with Gasteiger partial charge in [0.05, 0.1) is 16.5 Å². The van der Waals surface area contributed by atoms with Crippen LogP contribution in [-0.2, 0) is 10.2 Å². The maximum absolute atomic E-state index is 11.0. The van der Waals surface area contributed by atoms with Gasteiger partial charge in [0, 0.05) is 17.3 Å². The van der Waals surface area contributed by atoms with Gasteiger partial charge >= 0.3 is 0 Å². The van der Waals surface area contributed by atoms with Gasteiger partial charge in [-0.3, -0.25) is 4.79 Å². The lowest BCUT2D eigenvalue weighted by Crippen LogP contribution is -2.40. The number of hydrogen-bond donors (Lipinski definition) is 0. The zero-order valence-corrected chi connectivity index (χ0v) is 10.1. The Balaban J connectivity index is 2.42. The van der Waals surface area contributed by atoms with E-state index in [1.807, 2.05) is 6.07 Å². The third-order valence-electron chi connectivity index (χ3n) is 2.68. The molecule has 76 valence electrons. The average molecular weight is 285 g/mol. The summed E-state index contributed by atoms with van der Waals surface area (Å²) in [7, 11) is 0. The van der Waals surface area contributed by atoms with Gasteiger partial charge in [0.15, 0.2) is 0 Å². The first-order valence-electron chi connectivity index (χ1n) is 4.46. The predicted octanol–water partition coefficient (Wildman–Crippen LogP) is 3.23. The SMILES string of the molecule is N#CC1(c2ccc(Br)c(Cl)c2)CC(=O)C1. The second-order valence-electron chi connectivity index (χ2n) is 3.72. The molecular formula is C11H7BrClNO. The number of halogens is 2. The summed E-state index contributed by atoms with van der Waals surface area (Å²) < 4.78 is 0.798. The van der Waals surface area contributed by atoms with Crippen LogP contribution in [0.4, 0.5) is 0 Å². The van der Waals surface area contributed by atoms with Crippen LogP contribution in [0.3, 0.4) is 0 Å². The Bertz CT molecular complexity index is 470. The first-order valence-corrected chi connectivity index (χ1v) is 5.63. The molecule has 0 atom stereocenters. The summed E-state index contributed by atoms with van der Waals surface area (Å²) in [6.45, 7) is 0. The zero-order chi connectivity index (χ0) is 11.1. The smallest absolute Gasteiger partial charge is 0.136 e. The van der Waals surface area contributed by atoms with Crippen molar-refractivity contribution >= 4 is 33.3 Å². The van der Waals surface area contributed by atoms with E-state index >= 15 is 0 Å². The lowest BCUT2D eigenvalue weighted by atomic mass is 9.65. The second-order valence-corrected chi connectivity index (χ2v) is 4.98. The van der Waals surface area contributed by atoms with Crippen LogP contribution >= 0.6 is 27.5 Å². The Labute approximate surface area is 101 Å². The van der Waals surface area contributed by atoms with E-state index in [1.54, 1.807) is 12.1 Å². The molecule has 1 aromatic rings. The number of benzene rings is 1. The van der Waals surface area contributed by atoms with Crippen molar-refractivity contribution in [1.29, 1.82) is 5.26 Å². The van der Waals surface area contributed by atoms with E-state index < -0.39 is 5.41 Å². The van der Waals surface area contributed by atoms with Gasteiger partial charge in [0.2, 0.25) is 0 Å². The van der Waals surface area contributed by atoms with Crippen molar-refractivity contribution < 1.29 is 4.79 Å². The van der Waals surface area contributed by atoms with Crippen molar-refractivity contribution in [3.8, 4) is 6.07 Å². The molecule has 0 N–H and O–H groups in total. The number of carbonyl (C=O) groups excluding carboxylic acids is 1. The molecule has 15 heavy (non-hydrogen) atoms. The lowest BCUT2D eigenvalue weighted by Gasteiger charge is -2.34. The van der Waals surface area contributed by atoms with Gasteiger partial charge in [0.25, 0.3) is 0 Å². The van der Waals surface area contributed by atoms with Crippen LogP contribution in [0.2, 0.25) is 5.02 Å². The summed E-state index contributed by atoms with van der Waals surface area (Å²) >= 11 is 9.24. The van der Waals surface area contributed by atoms with Crippen LogP contribution in [-0.4, -0.2) is 5.78 Å². The molecule has 1 aromatic carbocycles. The van der Waals surface area contributed by atoms with E-state index in [9.17, 15) is 4.79 Å². The highest BCUT2D eigenvalue weighted by atomic mass is 79.9. The molecule has 2 nitrogen and oxygen atoms in total. The molecule has 2 rings (SSSR count). The largest absolute Gasteiger partial charge is 0.300 e. The number of carbonyl (C=O) groups is 1. The maximum atomic E-state index is 11.0. The topological polar surface area (TPSA) is 40.9 Å². The first-order chi connectivity index (χ1) is 7.07. The summed E-state index contributed by atoms with van der Waals surface area (Å²) in [5.74, 6) is 0.135. The molecule has 0 amide bonds. The summed E-state index contributed by atoms with van der Waals surface area (Å²) in [5.41, 5.74) is 0.194. The fourth-order valence-electron chi connectivity index (χ4n) is 1.76. The number of nitrogens with zero attached hydrogens (tertiary/aromatic N) is 1. The molecule has 0 saturated heterocycles. The minimum absolute atomic E-state index is 0.135. The van der Waals surface area contributed by atoms with Crippen LogP contribution in [0, 0.1) is 11.3 Å². The Morgan fingerprint density at radius 2 is 2.13 bits per heavy atom. The van der Waals surface area contributed by atoms with Gasteiger partial charge in [-0.2, -0.15) is 5.26 Å². The van der Waals surface area contributed by atoms with E-state index in [1.165, 1.54) is 0 Å². The molecule has 1 aliphatic rings. The number of hydrogen-bond acceptors (Lipinski definition) is 2. The zero-order valence-electron chi connectivity index (χ0n) is 7.76. The van der Waals surface area contributed by atoms with Gasteiger partial charge in [0.1, 0.15) is 5.78 Å². The molecule has 0 spiro atoms. The molecule has 0 aliphatic heterocycles. The summed E-state index contributed by atoms with van der Waals surface area (Å²) in [4.78, 5) is 11.0. The van der Waals surface area contributed by atoms with Gasteiger partial charge < -0.3 is 0 Å². The molecule has 0 unspecified atom stereocenters. The Hall–Kier alpha value is -0.850. The highest BCUT2D eigenvalue weighted by Gasteiger charge is 2.45. The minimum atomic E-state index is -0.637. The fraction of sp³-hybridized carbons (Fsp3) is 0.273. The van der Waals surface area contributed by atoms with E-state index in [4.69, 9.17) is 16.9 Å². The Morgan fingerprint density at radius 3 is 2.60 bits per heavy atom. The highest BCUT2D eigenvalue weighted by Crippen LogP contribution is 2.42. The molecule has 0 aromatic heterocycles. The standard InChI is InChI=1S/C11H7BrClNO/c12-9-2-1-7(3-10(9)13)11(6-14)4-8(15)5-11/h1-3H,4-5H2. The van der Waals surface area contributed by atoms with Crippen LogP contribution in [0.25, 0.3) is 0 Å². The highest BCUT2D eigenvalue weighted by molar-refractivity contribution is 9.10. The minimum Gasteiger partial charge on any atom is -0.300 e. The first kappa shape index (κ1) is 10.7. The van der Waals surface area contributed by atoms with E-state index in [-0.39, 0.29) is 5.78 Å². The van der Waals surface area contributed by atoms with Crippen molar-refractivity contribution in [2.24, 2.45) is 0 Å². The van der Waals surface area contributed by atoms with Gasteiger partial charge in [-0.25, -0.2) is 0 Å². The summed E-state index contributed by atoms with van der Waals surface area (Å²) in [6, 6.07) is 7.61. The molecule has 1 aliphatic carbocycles. The Kier molecular flexibility index (Phi) is 2.57. The van der Waals surface area contributed by atoms with E-state index in [0.717, 1.165) is 10.0 Å².